The SMILES string of the molecule is COC(=O)CNC(=O)Cc1cccc(S(=O)(=O)Nc2ccccc2)c1. The first-order chi connectivity index (χ1) is 11.9. The van der Waals surface area contributed by atoms with E-state index in [0.717, 1.165) is 0 Å². The van der Waals surface area contributed by atoms with E-state index in [1.807, 2.05) is 0 Å². The van der Waals surface area contributed by atoms with Gasteiger partial charge in [-0.05, 0) is 29.8 Å². The van der Waals surface area contributed by atoms with Gasteiger partial charge in [-0.2, -0.15) is 0 Å². The smallest absolute Gasteiger partial charge is 0.325 e. The number of hydrogen-bond donors (Lipinski definition) is 2. The molecule has 0 unspecified atom stereocenters. The van der Waals surface area contributed by atoms with Crippen molar-refractivity contribution in [3.63, 3.8) is 0 Å². The molecule has 8 heteroatoms. The van der Waals surface area contributed by atoms with Gasteiger partial charge < -0.3 is 10.1 Å². The second-order valence-corrected chi connectivity index (χ2v) is 6.83. The molecule has 1 amide bonds. The lowest BCUT2D eigenvalue weighted by Crippen LogP contribution is -2.31. The van der Waals surface area contributed by atoms with Crippen LogP contribution in [0.25, 0.3) is 0 Å². The second-order valence-electron chi connectivity index (χ2n) is 5.15. The molecule has 0 aliphatic heterocycles. The van der Waals surface area contributed by atoms with Crippen LogP contribution < -0.4 is 10.0 Å². The Morgan fingerprint density at radius 1 is 1.04 bits per heavy atom. The number of carbonyl (C=O) groups excluding carboxylic acids is 2. The summed E-state index contributed by atoms with van der Waals surface area (Å²) in [5, 5.41) is 2.40. The van der Waals surface area contributed by atoms with Gasteiger partial charge in [0, 0.05) is 5.69 Å². The molecule has 0 bridgehead atoms. The third-order valence-corrected chi connectivity index (χ3v) is 4.64. The highest BCUT2D eigenvalue weighted by Gasteiger charge is 2.15. The van der Waals surface area contributed by atoms with E-state index < -0.39 is 21.9 Å². The molecular weight excluding hydrogens is 344 g/mol. The van der Waals surface area contributed by atoms with Gasteiger partial charge in [-0.25, -0.2) is 8.42 Å². The molecule has 0 atom stereocenters. The van der Waals surface area contributed by atoms with Gasteiger partial charge in [0.25, 0.3) is 10.0 Å². The predicted molar refractivity (Wildman–Crippen MR) is 92.4 cm³/mol. The summed E-state index contributed by atoms with van der Waals surface area (Å²) in [6.45, 7) is -0.233. The molecule has 0 heterocycles. The van der Waals surface area contributed by atoms with Crippen molar-refractivity contribution < 1.29 is 22.7 Å². The van der Waals surface area contributed by atoms with Gasteiger partial charge in [0.1, 0.15) is 6.54 Å². The average molecular weight is 362 g/mol. The fourth-order valence-corrected chi connectivity index (χ4v) is 3.16. The minimum atomic E-state index is -3.76. The van der Waals surface area contributed by atoms with E-state index >= 15 is 0 Å². The van der Waals surface area contributed by atoms with E-state index in [2.05, 4.69) is 14.8 Å². The Kier molecular flexibility index (Phi) is 6.13. The molecule has 2 aromatic rings. The molecule has 0 saturated heterocycles. The van der Waals surface area contributed by atoms with Crippen LogP contribution in [0.5, 0.6) is 0 Å². The zero-order valence-corrected chi connectivity index (χ0v) is 14.4. The minimum absolute atomic E-state index is 0.0499. The third-order valence-electron chi connectivity index (χ3n) is 3.26. The Labute approximate surface area is 146 Å². The van der Waals surface area contributed by atoms with Gasteiger partial charge in [-0.15, -0.1) is 0 Å². The molecule has 0 aromatic heterocycles. The van der Waals surface area contributed by atoms with Crippen LogP contribution in [0, 0.1) is 0 Å². The van der Waals surface area contributed by atoms with Gasteiger partial charge in [-0.3, -0.25) is 14.3 Å². The molecule has 2 rings (SSSR count). The maximum atomic E-state index is 12.4. The number of nitrogens with one attached hydrogen (secondary N) is 2. The molecule has 132 valence electrons. The van der Waals surface area contributed by atoms with Crippen molar-refractivity contribution in [3.05, 3.63) is 60.2 Å². The highest BCUT2D eigenvalue weighted by atomic mass is 32.2. The van der Waals surface area contributed by atoms with Crippen LogP contribution in [0.2, 0.25) is 0 Å². The Morgan fingerprint density at radius 2 is 1.76 bits per heavy atom. The molecule has 0 radical (unpaired) electrons. The zero-order chi connectivity index (χ0) is 18.3. The number of carbonyl (C=O) groups is 2. The summed E-state index contributed by atoms with van der Waals surface area (Å²) in [6.07, 6.45) is -0.0499. The van der Waals surface area contributed by atoms with Crippen molar-refractivity contribution in [2.75, 3.05) is 18.4 Å². The van der Waals surface area contributed by atoms with Gasteiger partial charge in [0.15, 0.2) is 0 Å². The van der Waals surface area contributed by atoms with Crippen molar-refractivity contribution in [2.45, 2.75) is 11.3 Å². The molecule has 7 nitrogen and oxygen atoms in total. The molecule has 2 N–H and O–H groups in total. The Balaban J connectivity index is 2.07. The number of sulfonamides is 1. The largest absolute Gasteiger partial charge is 0.468 e. The number of para-hydroxylation sites is 1. The topological polar surface area (TPSA) is 102 Å². The van der Waals surface area contributed by atoms with Gasteiger partial charge in [0.05, 0.1) is 18.4 Å². The lowest BCUT2D eigenvalue weighted by molar-refractivity contribution is -0.141. The fourth-order valence-electron chi connectivity index (χ4n) is 2.03. The van der Waals surface area contributed by atoms with E-state index in [9.17, 15) is 18.0 Å². The molecule has 25 heavy (non-hydrogen) atoms. The normalized spacial score (nSPS) is 10.8. The number of hydrogen-bond acceptors (Lipinski definition) is 5. The Bertz CT molecular complexity index is 850. The number of amides is 1. The van der Waals surface area contributed by atoms with E-state index in [1.54, 1.807) is 42.5 Å². The van der Waals surface area contributed by atoms with Crippen LogP contribution in [0.3, 0.4) is 0 Å². The second kappa shape index (κ2) is 8.29. The number of rotatable bonds is 7. The molecule has 0 aliphatic carbocycles. The van der Waals surface area contributed by atoms with Crippen molar-refractivity contribution in [3.8, 4) is 0 Å². The standard InChI is InChI=1S/C17H18N2O5S/c1-24-17(21)12-18-16(20)11-13-6-5-9-15(10-13)25(22,23)19-14-7-3-2-4-8-14/h2-10,19H,11-12H2,1H3,(H,18,20). The molecular formula is C17H18N2O5S. The van der Waals surface area contributed by atoms with Crippen LogP contribution in [-0.2, 0) is 30.8 Å². The fraction of sp³-hybridized carbons (Fsp3) is 0.176. The zero-order valence-electron chi connectivity index (χ0n) is 13.6. The van der Waals surface area contributed by atoms with Gasteiger partial charge in [0.2, 0.25) is 5.91 Å². The van der Waals surface area contributed by atoms with Crippen LogP contribution in [0.4, 0.5) is 5.69 Å². The number of benzene rings is 2. The average Bonchev–Trinajstić information content (AvgIpc) is 2.60. The van der Waals surface area contributed by atoms with E-state index in [1.165, 1.54) is 19.2 Å². The van der Waals surface area contributed by atoms with Crippen molar-refractivity contribution >= 4 is 27.6 Å². The summed E-state index contributed by atoms with van der Waals surface area (Å²) >= 11 is 0. The summed E-state index contributed by atoms with van der Waals surface area (Å²) in [5.74, 6) is -0.965. The van der Waals surface area contributed by atoms with Crippen molar-refractivity contribution in [1.82, 2.24) is 5.32 Å². The summed E-state index contributed by atoms with van der Waals surface area (Å²) in [6, 6.07) is 14.6. The van der Waals surface area contributed by atoms with Gasteiger partial charge >= 0.3 is 5.97 Å². The molecule has 0 fully saturated rings. The lowest BCUT2D eigenvalue weighted by Gasteiger charge is -2.09. The number of anilines is 1. The summed E-state index contributed by atoms with van der Waals surface area (Å²) < 4.78 is 31.7. The Hall–Kier alpha value is -2.87. The minimum Gasteiger partial charge on any atom is -0.468 e. The molecule has 2 aromatic carbocycles. The molecule has 0 saturated carbocycles. The first-order valence-electron chi connectivity index (χ1n) is 7.41. The molecule has 0 spiro atoms. The first-order valence-corrected chi connectivity index (χ1v) is 8.89. The number of methoxy groups -OCH3 is 1. The third kappa shape index (κ3) is 5.61. The van der Waals surface area contributed by atoms with Crippen molar-refractivity contribution in [2.24, 2.45) is 0 Å². The maximum absolute atomic E-state index is 12.4. The lowest BCUT2D eigenvalue weighted by atomic mass is 10.1. The van der Waals surface area contributed by atoms with Gasteiger partial charge in [-0.1, -0.05) is 30.3 Å². The van der Waals surface area contributed by atoms with E-state index in [4.69, 9.17) is 0 Å². The predicted octanol–water partition coefficient (Wildman–Crippen LogP) is 1.32. The quantitative estimate of drug-likeness (QED) is 0.724. The van der Waals surface area contributed by atoms with Crippen LogP contribution in [0.15, 0.2) is 59.5 Å². The monoisotopic (exact) mass is 362 g/mol. The molecule has 0 aliphatic rings. The van der Waals surface area contributed by atoms with Crippen LogP contribution in [0.1, 0.15) is 5.56 Å². The summed E-state index contributed by atoms with van der Waals surface area (Å²) in [7, 11) is -2.53. The van der Waals surface area contributed by atoms with Crippen molar-refractivity contribution in [1.29, 1.82) is 0 Å². The Morgan fingerprint density at radius 3 is 2.44 bits per heavy atom. The van der Waals surface area contributed by atoms with E-state index in [-0.39, 0.29) is 17.9 Å². The van der Waals surface area contributed by atoms with Crippen LogP contribution in [-0.4, -0.2) is 33.9 Å². The van der Waals surface area contributed by atoms with E-state index in [0.29, 0.717) is 11.3 Å². The maximum Gasteiger partial charge on any atom is 0.325 e. The highest BCUT2D eigenvalue weighted by Crippen LogP contribution is 2.17. The van der Waals surface area contributed by atoms with Crippen LogP contribution >= 0.6 is 0 Å². The first kappa shape index (κ1) is 18.5. The summed E-state index contributed by atoms with van der Waals surface area (Å²) in [4.78, 5) is 22.9. The number of esters is 1. The highest BCUT2D eigenvalue weighted by molar-refractivity contribution is 7.92. The number of ether oxygens (including phenoxy) is 1. The summed E-state index contributed by atoms with van der Waals surface area (Å²) in [5.41, 5.74) is 0.960.